The summed E-state index contributed by atoms with van der Waals surface area (Å²) in [6.07, 6.45) is -1.54. The van der Waals surface area contributed by atoms with Crippen LogP contribution in [0.4, 0.5) is 0 Å². The standard InChI is InChI=1S/C11H15ClO4/c12-10-4-2-1-3-9(10)11(15)7-16-8(5-13)6-14/h1-4,8,11,13-15H,5-7H2. The minimum absolute atomic E-state index is 0.0183. The molecule has 0 aliphatic carbocycles. The molecule has 0 aromatic heterocycles. The van der Waals surface area contributed by atoms with Gasteiger partial charge in [-0.1, -0.05) is 29.8 Å². The van der Waals surface area contributed by atoms with Crippen LogP contribution in [0.25, 0.3) is 0 Å². The van der Waals surface area contributed by atoms with E-state index in [4.69, 9.17) is 26.6 Å². The predicted molar refractivity (Wildman–Crippen MR) is 60.3 cm³/mol. The van der Waals surface area contributed by atoms with Crippen molar-refractivity contribution in [2.45, 2.75) is 12.2 Å². The van der Waals surface area contributed by atoms with Gasteiger partial charge in [0, 0.05) is 10.6 Å². The number of rotatable bonds is 6. The van der Waals surface area contributed by atoms with Gasteiger partial charge in [0.1, 0.15) is 12.2 Å². The maximum absolute atomic E-state index is 9.77. The lowest BCUT2D eigenvalue weighted by Crippen LogP contribution is -2.24. The summed E-state index contributed by atoms with van der Waals surface area (Å²) >= 11 is 5.89. The molecule has 0 amide bonds. The largest absolute Gasteiger partial charge is 0.394 e. The van der Waals surface area contributed by atoms with Crippen LogP contribution >= 0.6 is 11.6 Å². The molecule has 0 fully saturated rings. The molecule has 1 aromatic rings. The summed E-state index contributed by atoms with van der Waals surface area (Å²) in [7, 11) is 0. The second kappa shape index (κ2) is 6.83. The van der Waals surface area contributed by atoms with E-state index in [9.17, 15) is 5.11 Å². The fourth-order valence-corrected chi connectivity index (χ4v) is 1.49. The quantitative estimate of drug-likeness (QED) is 0.693. The molecular formula is C11H15ClO4. The van der Waals surface area contributed by atoms with Crippen molar-refractivity contribution < 1.29 is 20.1 Å². The summed E-state index contributed by atoms with van der Waals surface area (Å²) in [4.78, 5) is 0. The predicted octanol–water partition coefficient (Wildman–Crippen LogP) is 0.743. The highest BCUT2D eigenvalue weighted by Crippen LogP contribution is 2.22. The molecule has 1 atom stereocenters. The van der Waals surface area contributed by atoms with Crippen LogP contribution in [-0.2, 0) is 4.74 Å². The minimum atomic E-state index is -0.866. The second-order valence-electron chi connectivity index (χ2n) is 3.36. The molecule has 1 rings (SSSR count). The van der Waals surface area contributed by atoms with Crippen LogP contribution < -0.4 is 0 Å². The average molecular weight is 247 g/mol. The van der Waals surface area contributed by atoms with Crippen LogP contribution in [0.1, 0.15) is 11.7 Å². The Morgan fingerprint density at radius 3 is 2.38 bits per heavy atom. The number of benzene rings is 1. The molecule has 16 heavy (non-hydrogen) atoms. The van der Waals surface area contributed by atoms with Gasteiger partial charge >= 0.3 is 0 Å². The summed E-state index contributed by atoms with van der Waals surface area (Å²) in [5.74, 6) is 0. The van der Waals surface area contributed by atoms with E-state index in [0.717, 1.165) is 0 Å². The number of ether oxygens (including phenoxy) is 1. The summed E-state index contributed by atoms with van der Waals surface area (Å²) < 4.78 is 5.10. The maximum atomic E-state index is 9.77. The molecule has 0 bridgehead atoms. The SMILES string of the molecule is OCC(CO)OCC(O)c1ccccc1Cl. The lowest BCUT2D eigenvalue weighted by Gasteiger charge is -2.17. The fourth-order valence-electron chi connectivity index (χ4n) is 1.23. The molecule has 0 heterocycles. The first-order valence-corrected chi connectivity index (χ1v) is 5.32. The fraction of sp³-hybridized carbons (Fsp3) is 0.455. The lowest BCUT2D eigenvalue weighted by molar-refractivity contribution is -0.0539. The average Bonchev–Trinajstić information content (AvgIpc) is 2.30. The van der Waals surface area contributed by atoms with Crippen molar-refractivity contribution in [1.29, 1.82) is 0 Å². The first kappa shape index (κ1) is 13.4. The Hall–Kier alpha value is -0.650. The van der Waals surface area contributed by atoms with E-state index in [1.165, 1.54) is 0 Å². The van der Waals surface area contributed by atoms with Crippen LogP contribution in [0.3, 0.4) is 0 Å². The van der Waals surface area contributed by atoms with E-state index in [1.54, 1.807) is 24.3 Å². The maximum Gasteiger partial charge on any atom is 0.104 e. The first-order chi connectivity index (χ1) is 7.69. The van der Waals surface area contributed by atoms with E-state index in [1.807, 2.05) is 0 Å². The molecule has 0 saturated heterocycles. The van der Waals surface area contributed by atoms with Gasteiger partial charge < -0.3 is 20.1 Å². The van der Waals surface area contributed by atoms with Crippen LogP contribution in [0.5, 0.6) is 0 Å². The Kier molecular flexibility index (Phi) is 5.73. The molecule has 90 valence electrons. The topological polar surface area (TPSA) is 69.9 Å². The van der Waals surface area contributed by atoms with Crippen molar-refractivity contribution in [3.63, 3.8) is 0 Å². The van der Waals surface area contributed by atoms with Gasteiger partial charge in [0.2, 0.25) is 0 Å². The highest BCUT2D eigenvalue weighted by atomic mass is 35.5. The van der Waals surface area contributed by atoms with Gasteiger partial charge in [-0.3, -0.25) is 0 Å². The Morgan fingerprint density at radius 1 is 1.19 bits per heavy atom. The van der Waals surface area contributed by atoms with E-state index in [0.29, 0.717) is 10.6 Å². The monoisotopic (exact) mass is 246 g/mol. The van der Waals surface area contributed by atoms with Gasteiger partial charge in [-0.05, 0) is 6.07 Å². The van der Waals surface area contributed by atoms with E-state index in [-0.39, 0.29) is 19.8 Å². The molecule has 5 heteroatoms. The summed E-state index contributed by atoms with van der Waals surface area (Å²) in [5, 5.41) is 27.8. The molecule has 4 nitrogen and oxygen atoms in total. The van der Waals surface area contributed by atoms with Crippen molar-refractivity contribution in [3.8, 4) is 0 Å². The molecule has 0 aliphatic heterocycles. The van der Waals surface area contributed by atoms with E-state index in [2.05, 4.69) is 0 Å². The Balaban J connectivity index is 2.52. The van der Waals surface area contributed by atoms with Gasteiger partial charge in [-0.2, -0.15) is 0 Å². The molecule has 3 N–H and O–H groups in total. The lowest BCUT2D eigenvalue weighted by atomic mass is 10.1. The van der Waals surface area contributed by atoms with Gasteiger partial charge in [-0.25, -0.2) is 0 Å². The smallest absolute Gasteiger partial charge is 0.104 e. The number of aliphatic hydroxyl groups excluding tert-OH is 3. The van der Waals surface area contributed by atoms with Gasteiger partial charge in [0.25, 0.3) is 0 Å². The molecule has 0 saturated carbocycles. The highest BCUT2D eigenvalue weighted by Gasteiger charge is 2.14. The summed E-state index contributed by atoms with van der Waals surface area (Å²) in [5.41, 5.74) is 0.568. The number of halogens is 1. The third-order valence-corrected chi connectivity index (χ3v) is 2.51. The van der Waals surface area contributed by atoms with Crippen molar-refractivity contribution in [2.75, 3.05) is 19.8 Å². The van der Waals surface area contributed by atoms with Crippen LogP contribution in [-0.4, -0.2) is 41.2 Å². The van der Waals surface area contributed by atoms with Crippen LogP contribution in [0, 0.1) is 0 Å². The zero-order valence-electron chi connectivity index (χ0n) is 8.71. The number of aliphatic hydroxyl groups is 3. The zero-order valence-corrected chi connectivity index (χ0v) is 9.47. The van der Waals surface area contributed by atoms with E-state index >= 15 is 0 Å². The van der Waals surface area contributed by atoms with Crippen molar-refractivity contribution in [1.82, 2.24) is 0 Å². The molecule has 0 spiro atoms. The summed E-state index contributed by atoms with van der Waals surface area (Å²) in [6, 6.07) is 6.91. The molecule has 1 aromatic carbocycles. The normalized spacial score (nSPS) is 13.1. The van der Waals surface area contributed by atoms with Crippen molar-refractivity contribution in [3.05, 3.63) is 34.9 Å². The number of hydrogen-bond donors (Lipinski definition) is 3. The molecule has 1 unspecified atom stereocenters. The van der Waals surface area contributed by atoms with Gasteiger partial charge in [-0.15, -0.1) is 0 Å². The Morgan fingerprint density at radius 2 is 1.81 bits per heavy atom. The minimum Gasteiger partial charge on any atom is -0.394 e. The molecular weight excluding hydrogens is 232 g/mol. The van der Waals surface area contributed by atoms with Crippen molar-refractivity contribution >= 4 is 11.6 Å². The second-order valence-corrected chi connectivity index (χ2v) is 3.77. The first-order valence-electron chi connectivity index (χ1n) is 4.94. The van der Waals surface area contributed by atoms with Crippen molar-refractivity contribution in [2.24, 2.45) is 0 Å². The third kappa shape index (κ3) is 3.73. The van der Waals surface area contributed by atoms with Crippen LogP contribution in [0.2, 0.25) is 5.02 Å². The highest BCUT2D eigenvalue weighted by molar-refractivity contribution is 6.31. The summed E-state index contributed by atoms with van der Waals surface area (Å²) in [6.45, 7) is -0.590. The van der Waals surface area contributed by atoms with Crippen LogP contribution in [0.15, 0.2) is 24.3 Å². The zero-order chi connectivity index (χ0) is 12.0. The molecule has 0 aliphatic rings. The molecule has 0 radical (unpaired) electrons. The third-order valence-electron chi connectivity index (χ3n) is 2.16. The Labute approximate surface area is 99.1 Å². The van der Waals surface area contributed by atoms with Gasteiger partial charge in [0.05, 0.1) is 19.8 Å². The van der Waals surface area contributed by atoms with Gasteiger partial charge in [0.15, 0.2) is 0 Å². The number of hydrogen-bond acceptors (Lipinski definition) is 4. The van der Waals surface area contributed by atoms with E-state index < -0.39 is 12.2 Å². The Bertz CT molecular complexity index is 315.